The van der Waals surface area contributed by atoms with Gasteiger partial charge in [-0.15, -0.1) is 0 Å². The van der Waals surface area contributed by atoms with Gasteiger partial charge in [0, 0.05) is 24.0 Å². The van der Waals surface area contributed by atoms with E-state index in [4.69, 9.17) is 16.7 Å². The van der Waals surface area contributed by atoms with E-state index in [1.54, 1.807) is 16.7 Å². The third-order valence-electron chi connectivity index (χ3n) is 3.38. The number of carbonyl (C=O) groups excluding carboxylic acids is 1. The Morgan fingerprint density at radius 3 is 2.91 bits per heavy atom. The molecule has 1 fully saturated rings. The SMILES string of the molecule is CC(C)c1ncc(Cl)c(C(=O)N2CCSCC2CC(=O)O)n1. The predicted octanol–water partition coefficient (Wildman–Crippen LogP) is 2.29. The van der Waals surface area contributed by atoms with Crippen LogP contribution in [0.2, 0.25) is 5.02 Å². The smallest absolute Gasteiger partial charge is 0.305 e. The van der Waals surface area contributed by atoms with Gasteiger partial charge in [0.05, 0.1) is 23.7 Å². The van der Waals surface area contributed by atoms with Crippen LogP contribution in [-0.2, 0) is 4.79 Å². The van der Waals surface area contributed by atoms with Gasteiger partial charge in [-0.25, -0.2) is 9.97 Å². The summed E-state index contributed by atoms with van der Waals surface area (Å²) in [6.45, 7) is 4.36. The van der Waals surface area contributed by atoms with Gasteiger partial charge in [-0.3, -0.25) is 9.59 Å². The Morgan fingerprint density at radius 1 is 1.55 bits per heavy atom. The summed E-state index contributed by atoms with van der Waals surface area (Å²) in [6, 6.07) is -0.336. The molecule has 1 aliphatic rings. The maximum atomic E-state index is 12.7. The standard InChI is InChI=1S/C14H18ClN3O3S/c1-8(2)13-16-6-10(15)12(17-13)14(21)18-3-4-22-7-9(18)5-11(19)20/h6,8-9H,3-5,7H2,1-2H3,(H,19,20). The molecule has 1 aliphatic heterocycles. The Bertz CT molecular complexity index is 582. The summed E-state index contributed by atoms with van der Waals surface area (Å²) in [7, 11) is 0. The second-order valence-electron chi connectivity index (χ2n) is 5.40. The summed E-state index contributed by atoms with van der Waals surface area (Å²) in [5.41, 5.74) is 0.155. The van der Waals surface area contributed by atoms with Crippen molar-refractivity contribution in [3.63, 3.8) is 0 Å². The number of amides is 1. The van der Waals surface area contributed by atoms with Crippen molar-refractivity contribution in [3.05, 3.63) is 22.7 Å². The molecular formula is C14H18ClN3O3S. The van der Waals surface area contributed by atoms with Crippen LogP contribution in [0.25, 0.3) is 0 Å². The van der Waals surface area contributed by atoms with Crippen LogP contribution in [0, 0.1) is 0 Å². The van der Waals surface area contributed by atoms with E-state index in [1.165, 1.54) is 6.20 Å². The molecule has 1 N–H and O–H groups in total. The van der Waals surface area contributed by atoms with Crippen molar-refractivity contribution < 1.29 is 14.7 Å². The Balaban J connectivity index is 2.28. The average molecular weight is 344 g/mol. The van der Waals surface area contributed by atoms with Gasteiger partial charge < -0.3 is 10.0 Å². The van der Waals surface area contributed by atoms with Crippen LogP contribution < -0.4 is 0 Å². The molecule has 2 rings (SSSR count). The zero-order valence-corrected chi connectivity index (χ0v) is 14.0. The third kappa shape index (κ3) is 3.89. The van der Waals surface area contributed by atoms with Crippen molar-refractivity contribution in [1.29, 1.82) is 0 Å². The zero-order chi connectivity index (χ0) is 16.3. The number of carbonyl (C=O) groups is 2. The molecule has 0 aromatic carbocycles. The van der Waals surface area contributed by atoms with Crippen LogP contribution in [0.4, 0.5) is 0 Å². The number of hydrogen-bond donors (Lipinski definition) is 1. The van der Waals surface area contributed by atoms with Gasteiger partial charge in [-0.2, -0.15) is 11.8 Å². The summed E-state index contributed by atoms with van der Waals surface area (Å²) in [4.78, 5) is 33.7. The fraction of sp³-hybridized carbons (Fsp3) is 0.571. The number of thioether (sulfide) groups is 1. The van der Waals surface area contributed by atoms with Crippen molar-refractivity contribution >= 4 is 35.2 Å². The van der Waals surface area contributed by atoms with Gasteiger partial charge >= 0.3 is 5.97 Å². The van der Waals surface area contributed by atoms with E-state index in [0.29, 0.717) is 18.1 Å². The Kier molecular flexibility index (Phi) is 5.63. The van der Waals surface area contributed by atoms with Gasteiger partial charge in [-0.05, 0) is 0 Å². The third-order valence-corrected chi connectivity index (χ3v) is 4.75. The lowest BCUT2D eigenvalue weighted by Crippen LogP contribution is -2.47. The van der Waals surface area contributed by atoms with Crippen LogP contribution >= 0.6 is 23.4 Å². The molecular weight excluding hydrogens is 326 g/mol. The maximum absolute atomic E-state index is 12.7. The minimum Gasteiger partial charge on any atom is -0.481 e. The lowest BCUT2D eigenvalue weighted by Gasteiger charge is -2.34. The topological polar surface area (TPSA) is 83.4 Å². The summed E-state index contributed by atoms with van der Waals surface area (Å²) < 4.78 is 0. The molecule has 2 heterocycles. The summed E-state index contributed by atoms with van der Waals surface area (Å²) >= 11 is 7.73. The highest BCUT2D eigenvalue weighted by Crippen LogP contribution is 2.24. The number of nitrogens with zero attached hydrogens (tertiary/aromatic N) is 3. The second kappa shape index (κ2) is 7.28. The molecule has 1 unspecified atom stereocenters. The van der Waals surface area contributed by atoms with Crippen LogP contribution in [0.15, 0.2) is 6.20 Å². The van der Waals surface area contributed by atoms with E-state index < -0.39 is 5.97 Å². The Morgan fingerprint density at radius 2 is 2.27 bits per heavy atom. The number of carboxylic acids is 1. The van der Waals surface area contributed by atoms with E-state index in [1.807, 2.05) is 13.8 Å². The first-order chi connectivity index (χ1) is 10.4. The van der Waals surface area contributed by atoms with E-state index in [9.17, 15) is 9.59 Å². The molecule has 1 aromatic rings. The molecule has 0 radical (unpaired) electrons. The van der Waals surface area contributed by atoms with Crippen LogP contribution in [0.3, 0.4) is 0 Å². The predicted molar refractivity (Wildman–Crippen MR) is 85.5 cm³/mol. The highest BCUT2D eigenvalue weighted by Gasteiger charge is 2.31. The zero-order valence-electron chi connectivity index (χ0n) is 12.5. The molecule has 1 aromatic heterocycles. The van der Waals surface area contributed by atoms with Gasteiger partial charge in [0.1, 0.15) is 5.82 Å². The highest BCUT2D eigenvalue weighted by molar-refractivity contribution is 7.99. The molecule has 0 bridgehead atoms. The van der Waals surface area contributed by atoms with Gasteiger partial charge in [0.15, 0.2) is 5.69 Å². The fourth-order valence-corrected chi connectivity index (χ4v) is 3.47. The average Bonchev–Trinajstić information content (AvgIpc) is 2.46. The summed E-state index contributed by atoms with van der Waals surface area (Å²) in [5, 5.41) is 9.20. The summed E-state index contributed by atoms with van der Waals surface area (Å²) in [6.07, 6.45) is 1.36. The Labute approximate surface area is 138 Å². The molecule has 0 spiro atoms. The molecule has 120 valence electrons. The number of halogens is 1. The molecule has 0 aliphatic carbocycles. The number of carboxylic acid groups (broad SMARTS) is 1. The van der Waals surface area contributed by atoms with Crippen LogP contribution in [-0.4, -0.2) is 55.9 Å². The monoisotopic (exact) mass is 343 g/mol. The minimum absolute atomic E-state index is 0.0710. The lowest BCUT2D eigenvalue weighted by molar-refractivity contribution is -0.138. The first kappa shape index (κ1) is 17.0. The molecule has 1 amide bonds. The van der Waals surface area contributed by atoms with Gasteiger partial charge in [0.25, 0.3) is 5.91 Å². The number of rotatable bonds is 4. The molecule has 1 atom stereocenters. The fourth-order valence-electron chi connectivity index (χ4n) is 2.24. The van der Waals surface area contributed by atoms with E-state index in [2.05, 4.69) is 9.97 Å². The number of hydrogen-bond acceptors (Lipinski definition) is 5. The van der Waals surface area contributed by atoms with Crippen LogP contribution in [0.5, 0.6) is 0 Å². The quantitative estimate of drug-likeness (QED) is 0.903. The van der Waals surface area contributed by atoms with Gasteiger partial charge in [-0.1, -0.05) is 25.4 Å². The van der Waals surface area contributed by atoms with Crippen molar-refractivity contribution in [2.24, 2.45) is 0 Å². The van der Waals surface area contributed by atoms with Crippen molar-refractivity contribution in [2.45, 2.75) is 32.2 Å². The highest BCUT2D eigenvalue weighted by atomic mass is 35.5. The second-order valence-corrected chi connectivity index (χ2v) is 6.96. The lowest BCUT2D eigenvalue weighted by atomic mass is 10.1. The molecule has 22 heavy (non-hydrogen) atoms. The van der Waals surface area contributed by atoms with Gasteiger partial charge in [0.2, 0.25) is 0 Å². The van der Waals surface area contributed by atoms with E-state index in [-0.39, 0.29) is 35.0 Å². The van der Waals surface area contributed by atoms with Crippen molar-refractivity contribution in [3.8, 4) is 0 Å². The minimum atomic E-state index is -0.915. The first-order valence-corrected chi connectivity index (χ1v) is 8.56. The molecule has 0 saturated carbocycles. The molecule has 6 nitrogen and oxygen atoms in total. The van der Waals surface area contributed by atoms with Crippen molar-refractivity contribution in [2.75, 3.05) is 18.1 Å². The Hall–Kier alpha value is -1.34. The first-order valence-electron chi connectivity index (χ1n) is 7.03. The largest absolute Gasteiger partial charge is 0.481 e. The summed E-state index contributed by atoms with van der Waals surface area (Å²) in [5.74, 6) is 0.784. The molecule has 8 heteroatoms. The van der Waals surface area contributed by atoms with E-state index in [0.717, 1.165) is 5.75 Å². The van der Waals surface area contributed by atoms with Crippen molar-refractivity contribution in [1.82, 2.24) is 14.9 Å². The van der Waals surface area contributed by atoms with Crippen LogP contribution in [0.1, 0.15) is 42.5 Å². The molecule has 1 saturated heterocycles. The number of aliphatic carboxylic acids is 1. The maximum Gasteiger partial charge on any atom is 0.305 e. The number of aromatic nitrogens is 2. The van der Waals surface area contributed by atoms with E-state index >= 15 is 0 Å². The normalized spacial score (nSPS) is 18.5.